The summed E-state index contributed by atoms with van der Waals surface area (Å²) in [6.07, 6.45) is 0. The molecule has 0 aliphatic carbocycles. The third kappa shape index (κ3) is 12200. The molecule has 0 rings (SSSR count). The molecule has 0 fully saturated rings. The first kappa shape index (κ1) is 36.2. The van der Waals surface area contributed by atoms with Gasteiger partial charge in [-0.05, 0) is 27.7 Å². The van der Waals surface area contributed by atoms with Gasteiger partial charge in [0.2, 0.25) is 0 Å². The van der Waals surface area contributed by atoms with E-state index in [0.29, 0.717) is 0 Å². The van der Waals surface area contributed by atoms with Crippen molar-refractivity contribution in [3.05, 3.63) is 0 Å². The zero-order valence-corrected chi connectivity index (χ0v) is 14.3. The minimum atomic E-state index is -1.08. The second-order valence-electron chi connectivity index (χ2n) is 1.97. The maximum Gasteiger partial charge on any atom is 2.00 e. The van der Waals surface area contributed by atoms with Crippen molar-refractivity contribution in [3.63, 3.8) is 0 Å². The summed E-state index contributed by atoms with van der Waals surface area (Å²) in [7, 11) is 4.53. The van der Waals surface area contributed by atoms with E-state index in [0.717, 1.165) is 27.7 Å². The first-order chi connectivity index (χ1) is 7.93. The summed E-state index contributed by atoms with van der Waals surface area (Å²) in [4.78, 5) is 35.6. The van der Waals surface area contributed by atoms with Gasteiger partial charge in [-0.2, -0.15) is 0 Å². The number of carboxylic acid groups (broad SMARTS) is 4. The standard InChI is InChI=1S/4C2H4O2.ClH.2Rh/c4*1-2(3)4;;;/h4*1H3,(H,3,4);1H;;/q;;;;;+2;+3/p-5. The Morgan fingerprint density at radius 2 is 0.632 bits per heavy atom. The molecule has 0 saturated heterocycles. The van der Waals surface area contributed by atoms with Crippen LogP contribution in [0.25, 0.3) is 0 Å². The largest absolute Gasteiger partial charge is 2.00 e. The fourth-order valence-electron chi connectivity index (χ4n) is 0. The van der Waals surface area contributed by atoms with Gasteiger partial charge in [0.1, 0.15) is 0 Å². The van der Waals surface area contributed by atoms with Crippen molar-refractivity contribution >= 4 is 33.6 Å². The van der Waals surface area contributed by atoms with E-state index in [1.807, 2.05) is 17.3 Å². The Balaban J connectivity index is -0.0000000279. The number of carbonyl (C=O) groups is 4. The fraction of sp³-hybridized carbons (Fsp3) is 0.500. The summed E-state index contributed by atoms with van der Waals surface area (Å²) in [6.45, 7) is 3.89. The van der Waals surface area contributed by atoms with Gasteiger partial charge in [0.05, 0.1) is 0 Å². The summed E-state index contributed by atoms with van der Waals surface area (Å²) in [6, 6.07) is 0. The maximum absolute atomic E-state index is 8.89. The van der Waals surface area contributed by atoms with Gasteiger partial charge in [-0.3, -0.25) is 0 Å². The molecule has 11 heteroatoms. The van der Waals surface area contributed by atoms with Crippen molar-refractivity contribution in [1.29, 1.82) is 0 Å². The van der Waals surface area contributed by atoms with E-state index in [9.17, 15) is 0 Å². The summed E-state index contributed by atoms with van der Waals surface area (Å²) < 4.78 is 0. The van der Waals surface area contributed by atoms with Crippen molar-refractivity contribution in [1.82, 2.24) is 0 Å². The molecule has 0 aliphatic rings. The molecule has 0 aliphatic heterocycles. The maximum atomic E-state index is 8.89. The predicted octanol–water partition coefficient (Wildman–Crippen LogP) is -4.29. The Bertz CT molecular complexity index is 171. The Morgan fingerprint density at radius 1 is 0.632 bits per heavy atom. The molecule has 0 heterocycles. The monoisotopic (exact) mass is 477 g/mol. The van der Waals surface area contributed by atoms with Crippen LogP contribution < -0.4 is 20.4 Å². The molecule has 0 aromatic rings. The molecule has 117 valence electrons. The van der Waals surface area contributed by atoms with Crippen LogP contribution in [0.3, 0.4) is 0 Å². The quantitative estimate of drug-likeness (QED) is 0.317. The molecule has 0 unspecified atom stereocenters. The topological polar surface area (TPSA) is 161 Å². The average Bonchev–Trinajstić information content (AvgIpc) is 2.01. The molecular formula is C8H12ClO8Rh2. The van der Waals surface area contributed by atoms with E-state index in [2.05, 4.69) is 9.69 Å². The van der Waals surface area contributed by atoms with Crippen molar-refractivity contribution in [2.45, 2.75) is 27.7 Å². The van der Waals surface area contributed by atoms with E-state index in [1.165, 1.54) is 0 Å². The van der Waals surface area contributed by atoms with Crippen molar-refractivity contribution in [2.24, 2.45) is 0 Å². The number of carboxylic acids is 4. The fourth-order valence-corrected chi connectivity index (χ4v) is 0. The third-order valence-corrected chi connectivity index (χ3v) is 0. The molecule has 0 spiro atoms. The second-order valence-corrected chi connectivity index (χ2v) is 1.97. The molecule has 0 saturated carbocycles. The predicted molar refractivity (Wildman–Crippen MR) is 48.6 cm³/mol. The van der Waals surface area contributed by atoms with Gasteiger partial charge in [-0.1, -0.05) is 0 Å². The number of halogens is 1. The zero-order valence-electron chi connectivity index (χ0n) is 10.3. The number of hydrogen-bond donors (Lipinski definition) is 0. The van der Waals surface area contributed by atoms with E-state index >= 15 is 0 Å². The second kappa shape index (κ2) is 36.0. The van der Waals surface area contributed by atoms with Gasteiger partial charge in [0.25, 0.3) is 0 Å². The van der Waals surface area contributed by atoms with Gasteiger partial charge >= 0.3 is 46.5 Å². The minimum absolute atomic E-state index is 0. The summed E-state index contributed by atoms with van der Waals surface area (Å²) in [5.74, 6) is -4.33. The van der Waals surface area contributed by atoms with Crippen LogP contribution >= 0.6 is 9.69 Å². The van der Waals surface area contributed by atoms with Gasteiger partial charge in [0.15, 0.2) is 0 Å². The number of aliphatic carboxylic acids is 4. The first-order valence-corrected chi connectivity index (χ1v) is 5.87. The van der Waals surface area contributed by atoms with Crippen LogP contribution in [0.2, 0.25) is 0 Å². The molecule has 0 aromatic heterocycles. The zero-order chi connectivity index (χ0) is 16.3. The van der Waals surface area contributed by atoms with Crippen LogP contribution in [-0.2, 0) is 56.0 Å². The van der Waals surface area contributed by atoms with Crippen LogP contribution in [0.5, 0.6) is 0 Å². The van der Waals surface area contributed by atoms with Crippen LogP contribution in [0.1, 0.15) is 27.7 Å². The van der Waals surface area contributed by atoms with Crippen molar-refractivity contribution in [3.8, 4) is 0 Å². The molecular weight excluding hydrogens is 465 g/mol. The molecule has 0 atom stereocenters. The molecule has 0 amide bonds. The Hall–Kier alpha value is -0.583. The van der Waals surface area contributed by atoms with Gasteiger partial charge in [-0.15, -0.1) is 0 Å². The summed E-state index contributed by atoms with van der Waals surface area (Å²) >= 11 is 2.02. The average molecular weight is 477 g/mol. The number of rotatable bonds is 0. The van der Waals surface area contributed by atoms with Gasteiger partial charge < -0.3 is 39.6 Å². The Morgan fingerprint density at radius 3 is 0.632 bits per heavy atom. The Kier molecular flexibility index (Phi) is 68.7. The first-order valence-electron chi connectivity index (χ1n) is 3.76. The molecule has 19 heavy (non-hydrogen) atoms. The molecule has 8 nitrogen and oxygen atoms in total. The molecule has 1 radical (unpaired) electrons. The van der Waals surface area contributed by atoms with E-state index in [4.69, 9.17) is 39.6 Å². The van der Waals surface area contributed by atoms with Gasteiger partial charge in [-0.25, -0.2) is 0 Å². The van der Waals surface area contributed by atoms with E-state index < -0.39 is 23.9 Å². The normalized spacial score (nSPS) is 5.58. The third-order valence-electron chi connectivity index (χ3n) is 0. The van der Waals surface area contributed by atoms with Gasteiger partial charge in [0, 0.05) is 23.9 Å². The molecule has 0 bridgehead atoms. The number of carbonyl (C=O) groups excluding carboxylic acids is 4. The number of hydrogen-bond acceptors (Lipinski definition) is 8. The summed E-state index contributed by atoms with van der Waals surface area (Å²) in [5, 5.41) is 35.6. The van der Waals surface area contributed by atoms with Crippen LogP contribution in [-0.4, -0.2) is 23.9 Å². The van der Waals surface area contributed by atoms with Crippen LogP contribution in [0.4, 0.5) is 0 Å². The van der Waals surface area contributed by atoms with Crippen LogP contribution in [0, 0.1) is 0 Å². The molecule has 0 N–H and O–H groups in total. The van der Waals surface area contributed by atoms with Crippen LogP contribution in [0.15, 0.2) is 0 Å². The van der Waals surface area contributed by atoms with Crippen molar-refractivity contribution in [2.75, 3.05) is 0 Å². The van der Waals surface area contributed by atoms with Crippen molar-refractivity contribution < 1.29 is 76.4 Å². The minimum Gasteiger partial charge on any atom is 2.00 e. The van der Waals surface area contributed by atoms with E-state index in [-0.39, 0.29) is 19.5 Å². The SMILES string of the molecule is CC(=O)[O-].CC(=O)[O-].CC(=O)[O-].CC(=O)[O-].[Cl][Rh+2].[Rh+2]. The smallest absolute Gasteiger partial charge is 2.00 e. The molecule has 0 aromatic carbocycles. The Labute approximate surface area is 137 Å². The van der Waals surface area contributed by atoms with E-state index in [1.54, 1.807) is 0 Å². The summed E-state index contributed by atoms with van der Waals surface area (Å²) in [5.41, 5.74) is 0.